The van der Waals surface area contributed by atoms with Gasteiger partial charge >= 0.3 is 5.97 Å². The molecule has 1 aliphatic heterocycles. The van der Waals surface area contributed by atoms with Gasteiger partial charge in [-0.3, -0.25) is 9.79 Å². The van der Waals surface area contributed by atoms with Crippen LogP contribution in [-0.2, 0) is 9.53 Å². The van der Waals surface area contributed by atoms with Crippen molar-refractivity contribution in [3.8, 4) is 0 Å². The fourth-order valence-electron chi connectivity index (χ4n) is 2.62. The molecule has 19 heavy (non-hydrogen) atoms. The van der Waals surface area contributed by atoms with Crippen LogP contribution in [0.15, 0.2) is 4.99 Å². The third kappa shape index (κ3) is 5.49. The first-order valence-corrected chi connectivity index (χ1v) is 7.16. The van der Waals surface area contributed by atoms with E-state index in [0.717, 1.165) is 25.6 Å². The molecule has 1 heterocycles. The molecule has 1 N–H and O–H groups in total. The minimum absolute atomic E-state index is 0.208. The van der Waals surface area contributed by atoms with Crippen LogP contribution in [0.3, 0.4) is 0 Å². The minimum Gasteiger partial charge on any atom is -0.469 e. The lowest BCUT2D eigenvalue weighted by molar-refractivity contribution is -0.140. The lowest BCUT2D eigenvalue weighted by Crippen LogP contribution is -2.48. The summed E-state index contributed by atoms with van der Waals surface area (Å²) in [7, 11) is 1.41. The van der Waals surface area contributed by atoms with Gasteiger partial charge in [0.15, 0.2) is 5.96 Å². The van der Waals surface area contributed by atoms with Crippen LogP contribution in [0.2, 0.25) is 0 Å². The molecule has 0 aromatic rings. The topological polar surface area (TPSA) is 53.9 Å². The maximum atomic E-state index is 11.1. The number of rotatable bonds is 4. The summed E-state index contributed by atoms with van der Waals surface area (Å²) in [6.45, 7) is 10.0. The molecule has 5 heteroatoms. The van der Waals surface area contributed by atoms with E-state index in [-0.39, 0.29) is 5.97 Å². The van der Waals surface area contributed by atoms with Crippen LogP contribution >= 0.6 is 0 Å². The predicted octanol–water partition coefficient (Wildman–Crippen LogP) is 1.49. The van der Waals surface area contributed by atoms with E-state index in [4.69, 9.17) is 0 Å². The minimum atomic E-state index is -0.208. The molecule has 0 aromatic heterocycles. The van der Waals surface area contributed by atoms with Crippen molar-refractivity contribution >= 4 is 11.9 Å². The highest BCUT2D eigenvalue weighted by Gasteiger charge is 2.23. The Bertz CT molecular complexity index is 308. The Labute approximate surface area is 116 Å². The molecular formula is C14H27N3O2. The first-order valence-electron chi connectivity index (χ1n) is 7.16. The summed E-state index contributed by atoms with van der Waals surface area (Å²) in [4.78, 5) is 17.9. The van der Waals surface area contributed by atoms with Gasteiger partial charge in [0.1, 0.15) is 0 Å². The van der Waals surface area contributed by atoms with E-state index >= 15 is 0 Å². The Hall–Kier alpha value is -1.26. The molecule has 110 valence electrons. The summed E-state index contributed by atoms with van der Waals surface area (Å²) >= 11 is 0. The maximum absolute atomic E-state index is 11.1. The van der Waals surface area contributed by atoms with Gasteiger partial charge in [-0.05, 0) is 25.2 Å². The fraction of sp³-hybridized carbons (Fsp3) is 0.857. The lowest BCUT2D eigenvalue weighted by Gasteiger charge is -2.37. The number of hydrogen-bond acceptors (Lipinski definition) is 3. The first-order chi connectivity index (χ1) is 9.06. The molecule has 1 rings (SSSR count). The molecule has 0 bridgehead atoms. The van der Waals surface area contributed by atoms with Crippen molar-refractivity contribution < 1.29 is 9.53 Å². The first kappa shape index (κ1) is 15.8. The number of hydrogen-bond donors (Lipinski definition) is 1. The van der Waals surface area contributed by atoms with Gasteiger partial charge in [0.25, 0.3) is 0 Å². The number of carbonyl (C=O) groups is 1. The van der Waals surface area contributed by atoms with Crippen LogP contribution in [0, 0.1) is 11.8 Å². The summed E-state index contributed by atoms with van der Waals surface area (Å²) in [5.41, 5.74) is 0. The van der Waals surface area contributed by atoms with Crippen molar-refractivity contribution in [3.63, 3.8) is 0 Å². The van der Waals surface area contributed by atoms with E-state index < -0.39 is 0 Å². The van der Waals surface area contributed by atoms with Crippen molar-refractivity contribution in [3.05, 3.63) is 0 Å². The Morgan fingerprint density at radius 1 is 1.37 bits per heavy atom. The summed E-state index contributed by atoms with van der Waals surface area (Å²) in [5.74, 6) is 2.09. The predicted molar refractivity (Wildman–Crippen MR) is 77.1 cm³/mol. The number of esters is 1. The van der Waals surface area contributed by atoms with Crippen molar-refractivity contribution in [2.24, 2.45) is 16.8 Å². The van der Waals surface area contributed by atoms with Crippen LogP contribution in [0.5, 0.6) is 0 Å². The number of aliphatic imine (C=N–C) groups is 1. The zero-order valence-corrected chi connectivity index (χ0v) is 12.6. The standard InChI is InChI=1S/C14H27N3O2/c1-5-15-14(16-7-6-13(18)19-4)17-9-11(2)8-12(3)10-17/h11-12H,5-10H2,1-4H3,(H,15,16). The molecule has 0 amide bonds. The normalized spacial score (nSPS) is 24.2. The molecule has 2 atom stereocenters. The zero-order valence-electron chi connectivity index (χ0n) is 12.6. The highest BCUT2D eigenvalue weighted by atomic mass is 16.5. The second kappa shape index (κ2) is 8.02. The maximum Gasteiger partial charge on any atom is 0.307 e. The van der Waals surface area contributed by atoms with Crippen LogP contribution in [0.4, 0.5) is 0 Å². The SMILES string of the molecule is CCNC(=NCCC(=O)OC)N1CC(C)CC(C)C1. The Morgan fingerprint density at radius 2 is 2.00 bits per heavy atom. The molecule has 5 nitrogen and oxygen atoms in total. The highest BCUT2D eigenvalue weighted by molar-refractivity contribution is 5.80. The zero-order chi connectivity index (χ0) is 14.3. The smallest absolute Gasteiger partial charge is 0.307 e. The molecule has 0 aliphatic carbocycles. The third-order valence-electron chi connectivity index (χ3n) is 3.31. The van der Waals surface area contributed by atoms with Gasteiger partial charge in [0.2, 0.25) is 0 Å². The van der Waals surface area contributed by atoms with Gasteiger partial charge < -0.3 is 15.0 Å². The molecule has 2 unspecified atom stereocenters. The second-order valence-corrected chi connectivity index (χ2v) is 5.41. The van der Waals surface area contributed by atoms with E-state index in [0.29, 0.717) is 24.8 Å². The quantitative estimate of drug-likeness (QED) is 0.477. The molecule has 0 aromatic carbocycles. The van der Waals surface area contributed by atoms with Crippen LogP contribution in [0.1, 0.15) is 33.6 Å². The Morgan fingerprint density at radius 3 is 2.53 bits per heavy atom. The van der Waals surface area contributed by atoms with Crippen LogP contribution in [-0.4, -0.2) is 50.1 Å². The van der Waals surface area contributed by atoms with E-state index in [1.807, 2.05) is 0 Å². The number of methoxy groups -OCH3 is 1. The van der Waals surface area contributed by atoms with E-state index in [9.17, 15) is 4.79 Å². The van der Waals surface area contributed by atoms with Crippen LogP contribution in [0.25, 0.3) is 0 Å². The van der Waals surface area contributed by atoms with Gasteiger partial charge in [-0.2, -0.15) is 0 Å². The highest BCUT2D eigenvalue weighted by Crippen LogP contribution is 2.20. The van der Waals surface area contributed by atoms with Gasteiger partial charge in [-0.25, -0.2) is 0 Å². The van der Waals surface area contributed by atoms with Crippen molar-refractivity contribution in [2.45, 2.75) is 33.6 Å². The monoisotopic (exact) mass is 269 g/mol. The average Bonchev–Trinajstić information content (AvgIpc) is 2.36. The van der Waals surface area contributed by atoms with E-state index in [1.165, 1.54) is 13.5 Å². The van der Waals surface area contributed by atoms with E-state index in [1.54, 1.807) is 0 Å². The van der Waals surface area contributed by atoms with Crippen LogP contribution < -0.4 is 5.32 Å². The molecule has 0 radical (unpaired) electrons. The Balaban J connectivity index is 2.59. The molecule has 1 aliphatic rings. The summed E-state index contributed by atoms with van der Waals surface area (Å²) in [5, 5.41) is 3.31. The summed E-state index contributed by atoms with van der Waals surface area (Å²) in [6.07, 6.45) is 1.61. The number of nitrogens with one attached hydrogen (secondary N) is 1. The molecule has 1 saturated heterocycles. The largest absolute Gasteiger partial charge is 0.469 e. The fourth-order valence-corrected chi connectivity index (χ4v) is 2.62. The molecule has 1 fully saturated rings. The second-order valence-electron chi connectivity index (χ2n) is 5.41. The van der Waals surface area contributed by atoms with Gasteiger partial charge in [-0.1, -0.05) is 13.8 Å². The number of piperidine rings is 1. The average molecular weight is 269 g/mol. The number of ether oxygens (including phenoxy) is 1. The van der Waals surface area contributed by atoms with Gasteiger partial charge in [0, 0.05) is 19.6 Å². The van der Waals surface area contributed by atoms with Gasteiger partial charge in [-0.15, -0.1) is 0 Å². The van der Waals surface area contributed by atoms with Crippen molar-refractivity contribution in [1.29, 1.82) is 0 Å². The number of guanidine groups is 1. The number of nitrogens with zero attached hydrogens (tertiary/aromatic N) is 2. The van der Waals surface area contributed by atoms with Crippen molar-refractivity contribution in [1.82, 2.24) is 10.2 Å². The number of likely N-dealkylation sites (tertiary alicyclic amines) is 1. The molecule has 0 saturated carbocycles. The molecule has 0 spiro atoms. The lowest BCUT2D eigenvalue weighted by atomic mass is 9.92. The summed E-state index contributed by atoms with van der Waals surface area (Å²) < 4.78 is 4.63. The number of carbonyl (C=O) groups excluding carboxylic acids is 1. The molecular weight excluding hydrogens is 242 g/mol. The van der Waals surface area contributed by atoms with Crippen molar-refractivity contribution in [2.75, 3.05) is 33.3 Å². The van der Waals surface area contributed by atoms with Gasteiger partial charge in [0.05, 0.1) is 20.1 Å². The van der Waals surface area contributed by atoms with E-state index in [2.05, 4.69) is 40.7 Å². The summed E-state index contributed by atoms with van der Waals surface area (Å²) in [6, 6.07) is 0. The Kier molecular flexibility index (Phi) is 6.67. The third-order valence-corrected chi connectivity index (χ3v) is 3.31.